The van der Waals surface area contributed by atoms with E-state index >= 15 is 0 Å². The number of carbonyl (C=O) groups excluding carboxylic acids is 1. The Hall–Kier alpha value is -1.55. The van der Waals surface area contributed by atoms with E-state index in [2.05, 4.69) is 36.2 Å². The average molecular weight is 259 g/mol. The summed E-state index contributed by atoms with van der Waals surface area (Å²) in [4.78, 5) is 16.8. The molecule has 4 heteroatoms. The van der Waals surface area contributed by atoms with Gasteiger partial charge in [0.25, 0.3) is 5.91 Å². The molecule has 0 radical (unpaired) electrons. The van der Waals surface area contributed by atoms with Crippen LogP contribution in [0.5, 0.6) is 0 Å². The number of nitrogens with zero attached hydrogens (tertiary/aromatic N) is 2. The molecule has 1 saturated heterocycles. The van der Waals surface area contributed by atoms with Gasteiger partial charge in [0.15, 0.2) is 0 Å². The van der Waals surface area contributed by atoms with E-state index in [0.717, 1.165) is 31.9 Å². The SMILES string of the molecule is CCN1C(=O)C2CNCCN2c2cc(C)c(C)cc21. The number of anilines is 2. The molecule has 2 aliphatic rings. The number of fused-ring (bicyclic) bond motifs is 3. The van der Waals surface area contributed by atoms with Gasteiger partial charge in [0.05, 0.1) is 11.4 Å². The summed E-state index contributed by atoms with van der Waals surface area (Å²) in [5.41, 5.74) is 4.84. The predicted octanol–water partition coefficient (Wildman–Crippen LogP) is 1.45. The van der Waals surface area contributed by atoms with Gasteiger partial charge in [-0.3, -0.25) is 4.79 Å². The van der Waals surface area contributed by atoms with Crippen LogP contribution >= 0.6 is 0 Å². The second kappa shape index (κ2) is 4.53. The lowest BCUT2D eigenvalue weighted by Crippen LogP contribution is -2.61. The fourth-order valence-corrected chi connectivity index (χ4v) is 3.07. The molecule has 1 amide bonds. The Morgan fingerprint density at radius 2 is 1.95 bits per heavy atom. The van der Waals surface area contributed by atoms with Crippen molar-refractivity contribution in [3.8, 4) is 0 Å². The molecule has 2 aliphatic heterocycles. The highest BCUT2D eigenvalue weighted by Gasteiger charge is 2.38. The molecule has 1 unspecified atom stereocenters. The predicted molar refractivity (Wildman–Crippen MR) is 77.9 cm³/mol. The number of aryl methyl sites for hydroxylation is 2. The van der Waals surface area contributed by atoms with E-state index in [1.54, 1.807) is 0 Å². The maximum Gasteiger partial charge on any atom is 0.251 e. The van der Waals surface area contributed by atoms with Gasteiger partial charge in [0.1, 0.15) is 6.04 Å². The van der Waals surface area contributed by atoms with Crippen LogP contribution in [0.3, 0.4) is 0 Å². The van der Waals surface area contributed by atoms with E-state index in [1.807, 2.05) is 11.8 Å². The number of piperazine rings is 1. The zero-order valence-corrected chi connectivity index (χ0v) is 11.9. The third kappa shape index (κ3) is 1.82. The summed E-state index contributed by atoms with van der Waals surface area (Å²) in [6, 6.07) is 4.35. The quantitative estimate of drug-likeness (QED) is 0.829. The van der Waals surface area contributed by atoms with Gasteiger partial charge < -0.3 is 15.1 Å². The van der Waals surface area contributed by atoms with Crippen LogP contribution < -0.4 is 15.1 Å². The molecular weight excluding hydrogens is 238 g/mol. The standard InChI is InChI=1S/C15H21N3O/c1-4-17-12-7-10(2)11(3)8-13(12)18-6-5-16-9-14(18)15(17)19/h7-8,14,16H,4-6,9H2,1-3H3. The van der Waals surface area contributed by atoms with Gasteiger partial charge in [0.2, 0.25) is 0 Å². The van der Waals surface area contributed by atoms with Crippen LogP contribution in [0.2, 0.25) is 0 Å². The highest BCUT2D eigenvalue weighted by Crippen LogP contribution is 2.38. The zero-order chi connectivity index (χ0) is 13.6. The minimum Gasteiger partial charge on any atom is -0.355 e. The van der Waals surface area contributed by atoms with Gasteiger partial charge in [-0.05, 0) is 44.0 Å². The molecule has 19 heavy (non-hydrogen) atoms. The van der Waals surface area contributed by atoms with E-state index in [1.165, 1.54) is 16.8 Å². The van der Waals surface area contributed by atoms with Gasteiger partial charge in [-0.25, -0.2) is 0 Å². The van der Waals surface area contributed by atoms with Crippen molar-refractivity contribution in [1.82, 2.24) is 5.32 Å². The van der Waals surface area contributed by atoms with Crippen LogP contribution in [0.4, 0.5) is 11.4 Å². The summed E-state index contributed by atoms with van der Waals surface area (Å²) >= 11 is 0. The molecule has 0 saturated carbocycles. The van der Waals surface area contributed by atoms with Gasteiger partial charge in [-0.2, -0.15) is 0 Å². The molecule has 102 valence electrons. The topological polar surface area (TPSA) is 35.6 Å². The lowest BCUT2D eigenvalue weighted by atomic mass is 9.99. The summed E-state index contributed by atoms with van der Waals surface area (Å²) in [6.45, 7) is 9.63. The molecule has 0 spiro atoms. The Bertz CT molecular complexity index is 526. The largest absolute Gasteiger partial charge is 0.355 e. The summed E-state index contributed by atoms with van der Waals surface area (Å²) in [7, 11) is 0. The Labute approximate surface area is 114 Å². The van der Waals surface area contributed by atoms with Gasteiger partial charge >= 0.3 is 0 Å². The number of nitrogens with one attached hydrogen (secondary N) is 1. The third-order valence-corrected chi connectivity index (χ3v) is 4.30. The van der Waals surface area contributed by atoms with Crippen molar-refractivity contribution in [3.05, 3.63) is 23.3 Å². The molecule has 1 N–H and O–H groups in total. The van der Waals surface area contributed by atoms with Crippen molar-refractivity contribution >= 4 is 17.3 Å². The molecule has 0 bridgehead atoms. The van der Waals surface area contributed by atoms with Gasteiger partial charge in [-0.15, -0.1) is 0 Å². The molecule has 4 nitrogen and oxygen atoms in total. The summed E-state index contributed by atoms with van der Waals surface area (Å²) < 4.78 is 0. The second-order valence-corrected chi connectivity index (χ2v) is 5.42. The van der Waals surface area contributed by atoms with Crippen LogP contribution in [0.25, 0.3) is 0 Å². The zero-order valence-electron chi connectivity index (χ0n) is 11.9. The highest BCUT2D eigenvalue weighted by atomic mass is 16.2. The minimum atomic E-state index is -0.0386. The Balaban J connectivity index is 2.16. The number of likely N-dealkylation sites (N-methyl/N-ethyl adjacent to an activating group) is 1. The van der Waals surface area contributed by atoms with Gasteiger partial charge in [-0.1, -0.05) is 0 Å². The Kier molecular flexibility index (Phi) is 2.97. The maximum atomic E-state index is 12.6. The van der Waals surface area contributed by atoms with E-state index in [0.29, 0.717) is 0 Å². The first kappa shape index (κ1) is 12.5. The van der Waals surface area contributed by atoms with Crippen LogP contribution in [0.15, 0.2) is 12.1 Å². The van der Waals surface area contributed by atoms with E-state index in [4.69, 9.17) is 0 Å². The lowest BCUT2D eigenvalue weighted by molar-refractivity contribution is -0.120. The first-order chi connectivity index (χ1) is 9.13. The highest BCUT2D eigenvalue weighted by molar-refractivity contribution is 6.06. The smallest absolute Gasteiger partial charge is 0.251 e. The van der Waals surface area contributed by atoms with Gasteiger partial charge in [0, 0.05) is 26.2 Å². The summed E-state index contributed by atoms with van der Waals surface area (Å²) in [5.74, 6) is 0.227. The van der Waals surface area contributed by atoms with Crippen LogP contribution in [-0.4, -0.2) is 38.1 Å². The molecular formula is C15H21N3O. The number of hydrogen-bond acceptors (Lipinski definition) is 3. The molecule has 1 fully saturated rings. The number of hydrogen-bond donors (Lipinski definition) is 1. The molecule has 2 heterocycles. The normalized spacial score (nSPS) is 22.3. The van der Waals surface area contributed by atoms with Crippen molar-refractivity contribution in [1.29, 1.82) is 0 Å². The number of benzene rings is 1. The maximum absolute atomic E-state index is 12.6. The number of carbonyl (C=O) groups is 1. The van der Waals surface area contributed by atoms with E-state index in [-0.39, 0.29) is 11.9 Å². The number of amides is 1. The van der Waals surface area contributed by atoms with E-state index in [9.17, 15) is 4.79 Å². The fourth-order valence-electron chi connectivity index (χ4n) is 3.07. The van der Waals surface area contributed by atoms with Crippen molar-refractivity contribution in [2.24, 2.45) is 0 Å². The van der Waals surface area contributed by atoms with Crippen LogP contribution in [-0.2, 0) is 4.79 Å². The summed E-state index contributed by atoms with van der Waals surface area (Å²) in [5, 5.41) is 3.33. The molecule has 1 aromatic rings. The monoisotopic (exact) mass is 259 g/mol. The lowest BCUT2D eigenvalue weighted by Gasteiger charge is -2.45. The first-order valence-corrected chi connectivity index (χ1v) is 7.03. The second-order valence-electron chi connectivity index (χ2n) is 5.42. The van der Waals surface area contributed by atoms with Crippen molar-refractivity contribution < 1.29 is 4.79 Å². The summed E-state index contributed by atoms with van der Waals surface area (Å²) in [6.07, 6.45) is 0. The van der Waals surface area contributed by atoms with E-state index < -0.39 is 0 Å². The minimum absolute atomic E-state index is 0.0386. The van der Waals surface area contributed by atoms with Crippen molar-refractivity contribution in [2.45, 2.75) is 26.8 Å². The number of rotatable bonds is 1. The third-order valence-electron chi connectivity index (χ3n) is 4.30. The fraction of sp³-hybridized carbons (Fsp3) is 0.533. The van der Waals surface area contributed by atoms with Crippen LogP contribution in [0.1, 0.15) is 18.1 Å². The Morgan fingerprint density at radius 3 is 2.63 bits per heavy atom. The van der Waals surface area contributed by atoms with Crippen molar-refractivity contribution in [3.63, 3.8) is 0 Å². The molecule has 1 atom stereocenters. The molecule has 1 aromatic carbocycles. The van der Waals surface area contributed by atoms with Crippen molar-refractivity contribution in [2.75, 3.05) is 36.0 Å². The Morgan fingerprint density at radius 1 is 1.26 bits per heavy atom. The molecule has 3 rings (SSSR count). The van der Waals surface area contributed by atoms with Crippen LogP contribution in [0, 0.1) is 13.8 Å². The average Bonchev–Trinajstić information content (AvgIpc) is 2.42. The molecule has 0 aromatic heterocycles. The first-order valence-electron chi connectivity index (χ1n) is 7.03. The molecule has 0 aliphatic carbocycles.